The number of aromatic amines is 1. The summed E-state index contributed by atoms with van der Waals surface area (Å²) in [5.41, 5.74) is 2.39. The van der Waals surface area contributed by atoms with Crippen LogP contribution in [0.4, 0.5) is 27.3 Å². The van der Waals surface area contributed by atoms with Gasteiger partial charge < -0.3 is 25.0 Å². The summed E-state index contributed by atoms with van der Waals surface area (Å²) < 4.78 is 27.6. The van der Waals surface area contributed by atoms with Crippen molar-refractivity contribution in [3.05, 3.63) is 76.8 Å². The molecule has 2 aromatic heterocycles. The number of fused-ring (bicyclic) bond motifs is 1. The van der Waals surface area contributed by atoms with E-state index < -0.39 is 17.8 Å². The standard InChI is InChI=1S/C32H34Cl2FN7O3/c1-3-29(43)37-28-15-21(41-8-6-20(7-9-41)42-10-12-44-13-11-42)14-26(35)31(28)38-32-23-16-22(4-5-27(23)39-40-32)45-19(2)30-24(33)17-36-18-25(30)34/h3-5,14-20H,1,6-13H2,2H3,(H,37,43)(H2,38,39,40)/t19-/m1/s1. The number of pyridine rings is 1. The highest BCUT2D eigenvalue weighted by Gasteiger charge is 2.27. The van der Waals surface area contributed by atoms with Crippen molar-refractivity contribution < 1.29 is 18.7 Å². The Morgan fingerprint density at radius 1 is 1.16 bits per heavy atom. The van der Waals surface area contributed by atoms with Gasteiger partial charge in [-0.15, -0.1) is 0 Å². The first-order chi connectivity index (χ1) is 21.8. The zero-order valence-electron chi connectivity index (χ0n) is 24.8. The van der Waals surface area contributed by atoms with Crippen molar-refractivity contribution in [2.75, 3.05) is 54.9 Å². The van der Waals surface area contributed by atoms with E-state index in [0.717, 1.165) is 58.3 Å². The summed E-state index contributed by atoms with van der Waals surface area (Å²) in [7, 11) is 0. The Hall–Kier alpha value is -3.90. The minimum atomic E-state index is -0.527. The summed E-state index contributed by atoms with van der Waals surface area (Å²) in [5, 5.41) is 14.7. The zero-order chi connectivity index (χ0) is 31.5. The van der Waals surface area contributed by atoms with Crippen LogP contribution in [0.15, 0.2) is 55.4 Å². The molecule has 3 N–H and O–H groups in total. The number of amides is 1. The fraction of sp³-hybridized carbons (Fsp3) is 0.344. The molecule has 1 amide bonds. The van der Waals surface area contributed by atoms with Gasteiger partial charge in [-0.2, -0.15) is 5.10 Å². The van der Waals surface area contributed by atoms with E-state index in [2.05, 4.69) is 42.2 Å². The van der Waals surface area contributed by atoms with Crippen molar-refractivity contribution in [1.29, 1.82) is 0 Å². The number of hydrogen-bond donors (Lipinski definition) is 3. The van der Waals surface area contributed by atoms with Crippen molar-refractivity contribution in [2.45, 2.75) is 31.9 Å². The third-order valence-electron chi connectivity index (χ3n) is 8.30. The highest BCUT2D eigenvalue weighted by molar-refractivity contribution is 6.35. The number of nitrogens with one attached hydrogen (secondary N) is 3. The van der Waals surface area contributed by atoms with Gasteiger partial charge in [0, 0.05) is 61.3 Å². The molecule has 2 fully saturated rings. The van der Waals surface area contributed by atoms with E-state index in [-0.39, 0.29) is 11.4 Å². The molecule has 1 atom stereocenters. The Bertz CT molecular complexity index is 1680. The molecule has 13 heteroatoms. The number of carbonyl (C=O) groups excluding carboxylic acids is 1. The third kappa shape index (κ3) is 6.86. The SMILES string of the molecule is C=CC(=O)Nc1cc(N2CCC(N3CCOCC3)CC2)cc(F)c1Nc1n[nH]c2ccc(O[C@H](C)c3c(Cl)cncc3Cl)cc12. The van der Waals surface area contributed by atoms with Crippen LogP contribution >= 0.6 is 23.2 Å². The average molecular weight is 655 g/mol. The topological polar surface area (TPSA) is 108 Å². The van der Waals surface area contributed by atoms with Crippen LogP contribution in [0, 0.1) is 5.82 Å². The van der Waals surface area contributed by atoms with Gasteiger partial charge in [-0.1, -0.05) is 29.8 Å². The van der Waals surface area contributed by atoms with Crippen LogP contribution in [0.1, 0.15) is 31.4 Å². The molecule has 2 aromatic carbocycles. The van der Waals surface area contributed by atoms with Gasteiger partial charge in [0.15, 0.2) is 11.6 Å². The maximum atomic E-state index is 15.9. The summed E-state index contributed by atoms with van der Waals surface area (Å²) in [4.78, 5) is 21.0. The quantitative estimate of drug-likeness (QED) is 0.171. The Balaban J connectivity index is 1.24. The molecule has 2 saturated heterocycles. The summed E-state index contributed by atoms with van der Waals surface area (Å²) in [6, 6.07) is 9.15. The van der Waals surface area contributed by atoms with Crippen LogP contribution in [0.5, 0.6) is 5.75 Å². The molecule has 45 heavy (non-hydrogen) atoms. The number of ether oxygens (including phenoxy) is 2. The van der Waals surface area contributed by atoms with Gasteiger partial charge in [0.2, 0.25) is 5.91 Å². The fourth-order valence-corrected chi connectivity index (χ4v) is 6.64. The monoisotopic (exact) mass is 653 g/mol. The number of H-pyrrole nitrogens is 1. The Kier molecular flexibility index (Phi) is 9.41. The number of piperidine rings is 1. The number of halogens is 3. The molecule has 0 saturated carbocycles. The van der Waals surface area contributed by atoms with Crippen molar-refractivity contribution in [3.8, 4) is 5.75 Å². The lowest BCUT2D eigenvalue weighted by Gasteiger charge is -2.41. The molecule has 4 heterocycles. The molecule has 2 aliphatic rings. The predicted molar refractivity (Wildman–Crippen MR) is 176 cm³/mol. The zero-order valence-corrected chi connectivity index (χ0v) is 26.3. The van der Waals surface area contributed by atoms with E-state index in [9.17, 15) is 4.79 Å². The van der Waals surface area contributed by atoms with E-state index in [1.165, 1.54) is 18.5 Å². The second-order valence-corrected chi connectivity index (χ2v) is 11.9. The molecule has 0 spiro atoms. The van der Waals surface area contributed by atoms with Crippen molar-refractivity contribution in [3.63, 3.8) is 0 Å². The minimum Gasteiger partial charge on any atom is -0.486 e. The summed E-state index contributed by atoms with van der Waals surface area (Å²) >= 11 is 12.7. The van der Waals surface area contributed by atoms with Gasteiger partial charge >= 0.3 is 0 Å². The molecule has 0 aliphatic carbocycles. The van der Waals surface area contributed by atoms with Crippen molar-refractivity contribution in [2.24, 2.45) is 0 Å². The van der Waals surface area contributed by atoms with Gasteiger partial charge in [0.05, 0.1) is 34.5 Å². The Morgan fingerprint density at radius 2 is 1.89 bits per heavy atom. The number of hydrogen-bond acceptors (Lipinski definition) is 8. The van der Waals surface area contributed by atoms with Crippen molar-refractivity contribution in [1.82, 2.24) is 20.1 Å². The van der Waals surface area contributed by atoms with Gasteiger partial charge in [-0.3, -0.25) is 19.8 Å². The first-order valence-electron chi connectivity index (χ1n) is 14.8. The Morgan fingerprint density at radius 3 is 2.60 bits per heavy atom. The number of morpholine rings is 1. The van der Waals surface area contributed by atoms with E-state index in [4.69, 9.17) is 32.7 Å². The number of rotatable bonds is 9. The van der Waals surface area contributed by atoms with Crippen molar-refractivity contribution >= 4 is 62.9 Å². The Labute approximate surface area is 270 Å². The van der Waals surface area contributed by atoms with Crippen LogP contribution in [-0.4, -0.2) is 71.4 Å². The maximum absolute atomic E-state index is 15.9. The third-order valence-corrected chi connectivity index (χ3v) is 8.90. The normalized spacial score (nSPS) is 16.8. The van der Waals surface area contributed by atoms with Crippen LogP contribution < -0.4 is 20.3 Å². The second kappa shape index (κ2) is 13.6. The maximum Gasteiger partial charge on any atom is 0.247 e. The number of anilines is 4. The first-order valence-corrected chi connectivity index (χ1v) is 15.6. The molecular formula is C32H34Cl2FN7O3. The molecule has 4 aromatic rings. The van der Waals surface area contributed by atoms with Gasteiger partial charge in [-0.05, 0) is 56.2 Å². The number of benzene rings is 2. The summed E-state index contributed by atoms with van der Waals surface area (Å²) in [5.74, 6) is -0.0954. The number of nitrogens with zero attached hydrogens (tertiary/aromatic N) is 4. The van der Waals surface area contributed by atoms with Crippen LogP contribution in [-0.2, 0) is 9.53 Å². The minimum absolute atomic E-state index is 0.0839. The van der Waals surface area contributed by atoms with Crippen LogP contribution in [0.25, 0.3) is 10.9 Å². The van der Waals surface area contributed by atoms with Gasteiger partial charge in [-0.25, -0.2) is 4.39 Å². The lowest BCUT2D eigenvalue weighted by Crippen LogP contribution is -2.49. The first kappa shape index (κ1) is 31.1. The molecule has 0 radical (unpaired) electrons. The highest BCUT2D eigenvalue weighted by atomic mass is 35.5. The molecule has 0 unspecified atom stereocenters. The molecule has 6 rings (SSSR count). The van der Waals surface area contributed by atoms with Gasteiger partial charge in [0.25, 0.3) is 0 Å². The number of carbonyl (C=O) groups is 1. The second-order valence-electron chi connectivity index (χ2n) is 11.1. The average Bonchev–Trinajstić information content (AvgIpc) is 3.44. The smallest absolute Gasteiger partial charge is 0.247 e. The fourth-order valence-electron chi connectivity index (χ4n) is 5.97. The molecule has 0 bridgehead atoms. The molecule has 2 aliphatic heterocycles. The van der Waals surface area contributed by atoms with E-state index >= 15 is 4.39 Å². The van der Waals surface area contributed by atoms with Gasteiger partial charge in [0.1, 0.15) is 17.5 Å². The predicted octanol–water partition coefficient (Wildman–Crippen LogP) is 6.71. The largest absolute Gasteiger partial charge is 0.486 e. The van der Waals surface area contributed by atoms with E-state index in [0.29, 0.717) is 49.8 Å². The van der Waals surface area contributed by atoms with Crippen LogP contribution in [0.3, 0.4) is 0 Å². The van der Waals surface area contributed by atoms with E-state index in [1.54, 1.807) is 18.2 Å². The highest BCUT2D eigenvalue weighted by Crippen LogP contribution is 2.38. The molecule has 10 nitrogen and oxygen atoms in total. The lowest BCUT2D eigenvalue weighted by atomic mass is 10.0. The summed E-state index contributed by atoms with van der Waals surface area (Å²) in [6.45, 7) is 10.4. The van der Waals surface area contributed by atoms with E-state index in [1.807, 2.05) is 13.0 Å². The molecule has 236 valence electrons. The van der Waals surface area contributed by atoms with Crippen LogP contribution in [0.2, 0.25) is 10.0 Å². The molecular weight excluding hydrogens is 620 g/mol. The number of aromatic nitrogens is 3. The summed E-state index contributed by atoms with van der Waals surface area (Å²) in [6.07, 6.45) is 5.65. The lowest BCUT2D eigenvalue weighted by molar-refractivity contribution is -0.111.